The van der Waals surface area contributed by atoms with E-state index < -0.39 is 0 Å². The third-order valence-corrected chi connectivity index (χ3v) is 5.71. The summed E-state index contributed by atoms with van der Waals surface area (Å²) in [6.45, 7) is 7.31. The molecule has 3 aromatic rings. The number of carbonyl (C=O) groups excluding carboxylic acids is 1. The molecule has 0 bridgehead atoms. The van der Waals surface area contributed by atoms with E-state index in [4.69, 9.17) is 9.15 Å². The van der Waals surface area contributed by atoms with Gasteiger partial charge >= 0.3 is 0 Å². The van der Waals surface area contributed by atoms with E-state index in [0.29, 0.717) is 36.1 Å². The number of likely N-dealkylation sites (N-methyl/N-ethyl adjacent to an activating group) is 1. The molecule has 1 aromatic heterocycles. The molecule has 1 saturated heterocycles. The summed E-state index contributed by atoms with van der Waals surface area (Å²) in [5.41, 5.74) is 2.41. The number of fused-ring (bicyclic) bond motifs is 1. The first-order chi connectivity index (χ1) is 14.2. The molecule has 1 aliphatic heterocycles. The van der Waals surface area contributed by atoms with Crippen molar-refractivity contribution in [3.8, 4) is 5.75 Å². The minimum absolute atomic E-state index is 0.0792. The molecule has 29 heavy (non-hydrogen) atoms. The van der Waals surface area contributed by atoms with Gasteiger partial charge in [-0.1, -0.05) is 37.3 Å². The highest BCUT2D eigenvalue weighted by Crippen LogP contribution is 2.29. The molecule has 2 heterocycles. The van der Waals surface area contributed by atoms with E-state index in [1.165, 1.54) is 6.42 Å². The molecule has 1 amide bonds. The minimum atomic E-state index is -0.0792. The lowest BCUT2D eigenvalue weighted by Gasteiger charge is -2.22. The Hall–Kier alpha value is -2.79. The number of ether oxygens (including phenoxy) is 1. The van der Waals surface area contributed by atoms with Gasteiger partial charge < -0.3 is 14.5 Å². The molecule has 1 atom stereocenters. The van der Waals surface area contributed by atoms with Gasteiger partial charge in [0.15, 0.2) is 0 Å². The van der Waals surface area contributed by atoms with Gasteiger partial charge in [-0.15, -0.1) is 0 Å². The van der Waals surface area contributed by atoms with Crippen LogP contribution in [0.25, 0.3) is 11.0 Å². The fourth-order valence-electron chi connectivity index (χ4n) is 4.15. The molecule has 4 rings (SSSR count). The number of benzene rings is 2. The first kappa shape index (κ1) is 19.5. The summed E-state index contributed by atoms with van der Waals surface area (Å²) in [5.74, 6) is 1.28. The second-order valence-electron chi connectivity index (χ2n) is 7.60. The minimum Gasteiger partial charge on any atom is -0.489 e. The normalized spacial score (nSPS) is 17.0. The second kappa shape index (κ2) is 8.70. The Morgan fingerprint density at radius 2 is 2.07 bits per heavy atom. The van der Waals surface area contributed by atoms with Crippen LogP contribution >= 0.6 is 0 Å². The standard InChI is InChI=1S/C24H28N2O3/c1-3-26-13-7-10-19(26)15-25-24(27)23-17(2)29-22-12-11-20(14-21(22)23)28-16-18-8-5-4-6-9-18/h4-6,8-9,11-12,14,19H,3,7,10,13,15-16H2,1-2H3,(H,25,27)/t19-/m1/s1. The van der Waals surface area contributed by atoms with Gasteiger partial charge in [-0.2, -0.15) is 0 Å². The summed E-state index contributed by atoms with van der Waals surface area (Å²) < 4.78 is 11.8. The summed E-state index contributed by atoms with van der Waals surface area (Å²) in [5, 5.41) is 3.92. The zero-order valence-electron chi connectivity index (χ0n) is 17.1. The van der Waals surface area contributed by atoms with Crippen LogP contribution in [0.1, 0.15) is 41.4 Å². The van der Waals surface area contributed by atoms with E-state index >= 15 is 0 Å². The van der Waals surface area contributed by atoms with Crippen LogP contribution in [0.3, 0.4) is 0 Å². The van der Waals surface area contributed by atoms with Crippen LogP contribution in [0, 0.1) is 6.92 Å². The third-order valence-electron chi connectivity index (χ3n) is 5.71. The van der Waals surface area contributed by atoms with Gasteiger partial charge in [-0.05, 0) is 56.6 Å². The van der Waals surface area contributed by atoms with Crippen LogP contribution in [0.2, 0.25) is 0 Å². The van der Waals surface area contributed by atoms with Crippen molar-refractivity contribution in [1.29, 1.82) is 0 Å². The zero-order chi connectivity index (χ0) is 20.2. The second-order valence-corrected chi connectivity index (χ2v) is 7.60. The first-order valence-corrected chi connectivity index (χ1v) is 10.4. The van der Waals surface area contributed by atoms with Gasteiger partial charge in [0.05, 0.1) is 5.56 Å². The highest BCUT2D eigenvalue weighted by Gasteiger charge is 2.25. The predicted octanol–water partition coefficient (Wildman–Crippen LogP) is 4.53. The fraction of sp³-hybridized carbons (Fsp3) is 0.375. The SMILES string of the molecule is CCN1CCC[C@@H]1CNC(=O)c1c(C)oc2ccc(OCc3ccccc3)cc12. The maximum Gasteiger partial charge on any atom is 0.255 e. The summed E-state index contributed by atoms with van der Waals surface area (Å²) >= 11 is 0. The smallest absolute Gasteiger partial charge is 0.255 e. The molecule has 1 N–H and O–H groups in total. The van der Waals surface area contributed by atoms with Crippen molar-refractivity contribution in [2.75, 3.05) is 19.6 Å². The number of rotatable bonds is 7. The van der Waals surface area contributed by atoms with Crippen molar-refractivity contribution in [3.05, 3.63) is 65.4 Å². The lowest BCUT2D eigenvalue weighted by molar-refractivity contribution is 0.0941. The van der Waals surface area contributed by atoms with Gasteiger partial charge in [0, 0.05) is 18.0 Å². The largest absolute Gasteiger partial charge is 0.489 e. The molecule has 1 aliphatic rings. The Balaban J connectivity index is 1.49. The maximum absolute atomic E-state index is 13.0. The molecule has 0 spiro atoms. The van der Waals surface area contributed by atoms with Crippen LogP contribution in [-0.2, 0) is 6.61 Å². The van der Waals surface area contributed by atoms with E-state index in [1.807, 2.05) is 55.5 Å². The number of nitrogens with one attached hydrogen (secondary N) is 1. The summed E-state index contributed by atoms with van der Waals surface area (Å²) in [4.78, 5) is 15.4. The van der Waals surface area contributed by atoms with Crippen molar-refractivity contribution in [2.45, 2.75) is 39.3 Å². The average molecular weight is 392 g/mol. The number of carbonyl (C=O) groups is 1. The Bertz CT molecular complexity index is 980. The average Bonchev–Trinajstić information content (AvgIpc) is 3.33. The molecule has 0 saturated carbocycles. The number of nitrogens with zero attached hydrogens (tertiary/aromatic N) is 1. The molecule has 2 aromatic carbocycles. The summed E-state index contributed by atoms with van der Waals surface area (Å²) in [7, 11) is 0. The van der Waals surface area contributed by atoms with Crippen LogP contribution < -0.4 is 10.1 Å². The Kier molecular flexibility index (Phi) is 5.86. The van der Waals surface area contributed by atoms with Crippen molar-refractivity contribution in [1.82, 2.24) is 10.2 Å². The van der Waals surface area contributed by atoms with E-state index in [1.54, 1.807) is 0 Å². The van der Waals surface area contributed by atoms with Crippen molar-refractivity contribution in [2.24, 2.45) is 0 Å². The molecular weight excluding hydrogens is 364 g/mol. The van der Waals surface area contributed by atoms with Gasteiger partial charge in [0.2, 0.25) is 0 Å². The summed E-state index contributed by atoms with van der Waals surface area (Å²) in [6.07, 6.45) is 2.33. The Labute approximate surface area is 171 Å². The molecular formula is C24H28N2O3. The molecule has 5 nitrogen and oxygen atoms in total. The third kappa shape index (κ3) is 4.30. The fourth-order valence-corrected chi connectivity index (χ4v) is 4.15. The van der Waals surface area contributed by atoms with Crippen LogP contribution in [0.15, 0.2) is 52.9 Å². The highest BCUT2D eigenvalue weighted by molar-refractivity contribution is 6.07. The van der Waals surface area contributed by atoms with Gasteiger partial charge in [0.1, 0.15) is 23.7 Å². The number of furan rings is 1. The highest BCUT2D eigenvalue weighted by atomic mass is 16.5. The monoisotopic (exact) mass is 392 g/mol. The van der Waals surface area contributed by atoms with Gasteiger partial charge in [-0.3, -0.25) is 9.69 Å². The van der Waals surface area contributed by atoms with E-state index in [9.17, 15) is 4.79 Å². The molecule has 0 unspecified atom stereocenters. The first-order valence-electron chi connectivity index (χ1n) is 10.4. The quantitative estimate of drug-likeness (QED) is 0.642. The number of likely N-dealkylation sites (tertiary alicyclic amines) is 1. The molecule has 1 fully saturated rings. The number of amides is 1. The molecule has 0 radical (unpaired) electrons. The molecule has 5 heteroatoms. The van der Waals surface area contributed by atoms with Crippen LogP contribution in [0.5, 0.6) is 5.75 Å². The summed E-state index contributed by atoms with van der Waals surface area (Å²) in [6, 6.07) is 16.1. The van der Waals surface area contributed by atoms with E-state index in [-0.39, 0.29) is 5.91 Å². The van der Waals surface area contributed by atoms with Crippen LogP contribution in [-0.4, -0.2) is 36.5 Å². The van der Waals surface area contributed by atoms with Crippen LogP contribution in [0.4, 0.5) is 0 Å². The van der Waals surface area contributed by atoms with Crippen molar-refractivity contribution < 1.29 is 13.9 Å². The lowest BCUT2D eigenvalue weighted by Crippen LogP contribution is -2.40. The van der Waals surface area contributed by atoms with Crippen molar-refractivity contribution >= 4 is 16.9 Å². The Morgan fingerprint density at radius 3 is 2.86 bits per heavy atom. The number of hydrogen-bond acceptors (Lipinski definition) is 4. The van der Waals surface area contributed by atoms with Gasteiger partial charge in [0.25, 0.3) is 5.91 Å². The van der Waals surface area contributed by atoms with E-state index in [0.717, 1.165) is 36.2 Å². The topological polar surface area (TPSA) is 54.7 Å². The zero-order valence-corrected chi connectivity index (χ0v) is 17.1. The van der Waals surface area contributed by atoms with Crippen molar-refractivity contribution in [3.63, 3.8) is 0 Å². The predicted molar refractivity (Wildman–Crippen MR) is 114 cm³/mol. The maximum atomic E-state index is 13.0. The van der Waals surface area contributed by atoms with E-state index in [2.05, 4.69) is 17.1 Å². The van der Waals surface area contributed by atoms with Gasteiger partial charge in [-0.25, -0.2) is 0 Å². The number of hydrogen-bond donors (Lipinski definition) is 1. The number of aryl methyl sites for hydroxylation is 1. The lowest BCUT2D eigenvalue weighted by atomic mass is 10.1. The molecule has 152 valence electrons. The Morgan fingerprint density at radius 1 is 1.24 bits per heavy atom. The molecule has 0 aliphatic carbocycles.